The number of H-pyrrole nitrogens is 2. The van der Waals surface area contributed by atoms with Crippen LogP contribution in [0.5, 0.6) is 0 Å². The number of fused-ring (bicyclic) bond motifs is 2. The molecule has 0 saturated carbocycles. The molecule has 10 heteroatoms. The Kier molecular flexibility index (Phi) is 5.48. The first-order valence-corrected chi connectivity index (χ1v) is 9.77. The molecule has 160 valence electrons. The smallest absolute Gasteiger partial charge is 0.250 e. The van der Waals surface area contributed by atoms with Crippen molar-refractivity contribution in [2.75, 3.05) is 5.73 Å². The van der Waals surface area contributed by atoms with Crippen molar-refractivity contribution in [2.45, 2.75) is 0 Å². The summed E-state index contributed by atoms with van der Waals surface area (Å²) in [6.45, 7) is 0. The van der Waals surface area contributed by atoms with E-state index in [1.807, 2.05) is 30.3 Å². The standard InChI is InChI=1S/C14H12N4O.C8H6ClN3O/c15-9-3-1-2-8(6-9)10-4-5-11(14(16)19)13-12(10)7-17-18-13;9-6-2-1-4(8(10)13)7-5(6)3-11-12-7/h1-7H,15H2,(H2,16,19)(H,17,18);1-3H,(H2,10,13)(H,11,12). The van der Waals surface area contributed by atoms with Crippen molar-refractivity contribution < 1.29 is 9.59 Å². The van der Waals surface area contributed by atoms with E-state index in [0.29, 0.717) is 38.3 Å². The molecule has 9 nitrogen and oxygen atoms in total. The first kappa shape index (κ1) is 20.9. The van der Waals surface area contributed by atoms with Gasteiger partial charge in [-0.3, -0.25) is 19.8 Å². The molecule has 2 amide bonds. The second-order valence-electron chi connectivity index (χ2n) is 6.93. The van der Waals surface area contributed by atoms with E-state index in [1.165, 1.54) is 0 Å². The van der Waals surface area contributed by atoms with Crippen LogP contribution in [-0.4, -0.2) is 32.2 Å². The van der Waals surface area contributed by atoms with E-state index in [4.69, 9.17) is 28.8 Å². The Bertz CT molecular complexity index is 1470. The molecule has 32 heavy (non-hydrogen) atoms. The van der Waals surface area contributed by atoms with Crippen molar-refractivity contribution in [3.05, 3.63) is 77.1 Å². The summed E-state index contributed by atoms with van der Waals surface area (Å²) >= 11 is 5.86. The lowest BCUT2D eigenvalue weighted by molar-refractivity contribution is 0.0993. The zero-order valence-corrected chi connectivity index (χ0v) is 17.4. The number of benzene rings is 3. The quantitative estimate of drug-likeness (QED) is 0.267. The molecule has 5 aromatic rings. The number of primary amides is 2. The molecule has 0 fully saturated rings. The fourth-order valence-electron chi connectivity index (χ4n) is 3.41. The van der Waals surface area contributed by atoms with E-state index in [1.54, 1.807) is 30.6 Å². The summed E-state index contributed by atoms with van der Waals surface area (Å²) in [6, 6.07) is 14.3. The van der Waals surface area contributed by atoms with Crippen molar-refractivity contribution in [3.8, 4) is 11.1 Å². The Balaban J connectivity index is 0.000000165. The van der Waals surface area contributed by atoms with Gasteiger partial charge in [-0.15, -0.1) is 0 Å². The SMILES string of the molecule is NC(=O)c1ccc(-c2cccc(N)c2)c2cn[nH]c12.NC(=O)c1ccc(Cl)c2cn[nH]c12. The summed E-state index contributed by atoms with van der Waals surface area (Å²) in [5.74, 6) is -0.973. The fraction of sp³-hybridized carbons (Fsp3) is 0. The second kappa shape index (κ2) is 8.40. The number of hydrogen-bond acceptors (Lipinski definition) is 5. The fourth-order valence-corrected chi connectivity index (χ4v) is 3.61. The van der Waals surface area contributed by atoms with E-state index >= 15 is 0 Å². The minimum absolute atomic E-state index is 0.400. The number of aromatic nitrogens is 4. The molecule has 0 saturated heterocycles. The number of nitrogen functional groups attached to an aromatic ring is 1. The minimum Gasteiger partial charge on any atom is -0.399 e. The number of amides is 2. The zero-order chi connectivity index (χ0) is 22.8. The number of aromatic amines is 2. The first-order chi connectivity index (χ1) is 15.4. The lowest BCUT2D eigenvalue weighted by Gasteiger charge is -2.06. The number of halogens is 1. The third-order valence-corrected chi connectivity index (χ3v) is 5.24. The Hall–Kier alpha value is -4.37. The van der Waals surface area contributed by atoms with Gasteiger partial charge in [0, 0.05) is 16.5 Å². The molecule has 5 rings (SSSR count). The van der Waals surface area contributed by atoms with Crippen LogP contribution in [0.2, 0.25) is 5.02 Å². The van der Waals surface area contributed by atoms with Gasteiger partial charge in [-0.05, 0) is 41.5 Å². The maximum atomic E-state index is 11.4. The number of carbonyl (C=O) groups is 2. The third kappa shape index (κ3) is 3.84. The number of hydrogen-bond donors (Lipinski definition) is 5. The van der Waals surface area contributed by atoms with Gasteiger partial charge in [0.05, 0.1) is 39.6 Å². The van der Waals surface area contributed by atoms with Crippen molar-refractivity contribution >= 4 is 50.9 Å². The number of nitrogens with two attached hydrogens (primary N) is 3. The van der Waals surface area contributed by atoms with Gasteiger partial charge in [0.2, 0.25) is 0 Å². The second-order valence-corrected chi connectivity index (χ2v) is 7.33. The molecule has 0 atom stereocenters. The number of nitrogens with zero attached hydrogens (tertiary/aromatic N) is 2. The lowest BCUT2D eigenvalue weighted by atomic mass is 9.99. The predicted octanol–water partition coefficient (Wildman–Crippen LogP) is 3.23. The van der Waals surface area contributed by atoms with Gasteiger partial charge in [0.15, 0.2) is 0 Å². The highest BCUT2D eigenvalue weighted by Crippen LogP contribution is 2.30. The molecule has 0 bridgehead atoms. The first-order valence-electron chi connectivity index (χ1n) is 9.40. The molecule has 2 heterocycles. The minimum atomic E-state index is -0.495. The summed E-state index contributed by atoms with van der Waals surface area (Å²) < 4.78 is 0. The molecule has 8 N–H and O–H groups in total. The highest BCUT2D eigenvalue weighted by molar-refractivity contribution is 6.35. The number of nitrogens with one attached hydrogen (secondary N) is 2. The van der Waals surface area contributed by atoms with E-state index in [-0.39, 0.29) is 0 Å². The van der Waals surface area contributed by atoms with Gasteiger partial charge >= 0.3 is 0 Å². The number of rotatable bonds is 3. The topological polar surface area (TPSA) is 170 Å². The van der Waals surface area contributed by atoms with E-state index in [0.717, 1.165) is 16.5 Å². The van der Waals surface area contributed by atoms with Gasteiger partial charge in [-0.2, -0.15) is 10.2 Å². The average molecular weight is 448 g/mol. The maximum Gasteiger partial charge on any atom is 0.250 e. The summed E-state index contributed by atoms with van der Waals surface area (Å²) in [5.41, 5.74) is 21.0. The largest absolute Gasteiger partial charge is 0.399 e. The van der Waals surface area contributed by atoms with Crippen molar-refractivity contribution in [2.24, 2.45) is 11.5 Å². The van der Waals surface area contributed by atoms with Crippen molar-refractivity contribution in [1.29, 1.82) is 0 Å². The van der Waals surface area contributed by atoms with Crippen LogP contribution in [0, 0.1) is 0 Å². The van der Waals surface area contributed by atoms with Gasteiger partial charge in [0.25, 0.3) is 11.8 Å². The maximum absolute atomic E-state index is 11.4. The van der Waals surface area contributed by atoms with Crippen LogP contribution in [0.25, 0.3) is 32.9 Å². The highest BCUT2D eigenvalue weighted by Gasteiger charge is 2.13. The Morgan fingerprint density at radius 2 is 1.41 bits per heavy atom. The van der Waals surface area contributed by atoms with Crippen LogP contribution in [0.4, 0.5) is 5.69 Å². The normalized spacial score (nSPS) is 10.7. The third-order valence-electron chi connectivity index (χ3n) is 4.91. The van der Waals surface area contributed by atoms with Crippen LogP contribution >= 0.6 is 11.6 Å². The molecule has 0 aliphatic rings. The van der Waals surface area contributed by atoms with Crippen LogP contribution in [-0.2, 0) is 0 Å². The number of anilines is 1. The summed E-state index contributed by atoms with van der Waals surface area (Å²) in [6.07, 6.45) is 3.24. The summed E-state index contributed by atoms with van der Waals surface area (Å²) in [4.78, 5) is 22.3. The number of carbonyl (C=O) groups excluding carboxylic acids is 2. The monoisotopic (exact) mass is 447 g/mol. The van der Waals surface area contributed by atoms with Gasteiger partial charge in [0.1, 0.15) is 0 Å². The molecule has 0 spiro atoms. The molecular weight excluding hydrogens is 430 g/mol. The Labute approximate surface area is 186 Å². The van der Waals surface area contributed by atoms with E-state index in [2.05, 4.69) is 20.4 Å². The molecule has 0 aliphatic heterocycles. The van der Waals surface area contributed by atoms with Crippen molar-refractivity contribution in [3.63, 3.8) is 0 Å². The highest BCUT2D eigenvalue weighted by atomic mass is 35.5. The molecule has 3 aromatic carbocycles. The Morgan fingerprint density at radius 3 is 2.03 bits per heavy atom. The van der Waals surface area contributed by atoms with Crippen molar-refractivity contribution in [1.82, 2.24) is 20.4 Å². The van der Waals surface area contributed by atoms with E-state index < -0.39 is 11.8 Å². The predicted molar refractivity (Wildman–Crippen MR) is 124 cm³/mol. The lowest BCUT2D eigenvalue weighted by Crippen LogP contribution is -2.11. The molecule has 0 radical (unpaired) electrons. The van der Waals surface area contributed by atoms with Crippen LogP contribution < -0.4 is 17.2 Å². The van der Waals surface area contributed by atoms with E-state index in [9.17, 15) is 9.59 Å². The summed E-state index contributed by atoms with van der Waals surface area (Å²) in [7, 11) is 0. The van der Waals surface area contributed by atoms with Gasteiger partial charge in [-0.1, -0.05) is 29.8 Å². The summed E-state index contributed by atoms with van der Waals surface area (Å²) in [5, 5.41) is 15.4. The van der Waals surface area contributed by atoms with Crippen LogP contribution in [0.3, 0.4) is 0 Å². The Morgan fingerprint density at radius 1 is 0.812 bits per heavy atom. The molecular formula is C22H18ClN7O2. The van der Waals surface area contributed by atoms with Crippen LogP contribution in [0.1, 0.15) is 20.7 Å². The molecule has 0 aliphatic carbocycles. The van der Waals surface area contributed by atoms with Gasteiger partial charge < -0.3 is 17.2 Å². The van der Waals surface area contributed by atoms with Gasteiger partial charge in [-0.25, -0.2) is 0 Å². The van der Waals surface area contributed by atoms with Crippen LogP contribution in [0.15, 0.2) is 60.9 Å². The zero-order valence-electron chi connectivity index (χ0n) is 16.6. The molecule has 0 unspecified atom stereocenters. The average Bonchev–Trinajstić information content (AvgIpc) is 3.44. The molecule has 2 aromatic heterocycles.